The molecule has 1 aromatic rings. The Bertz CT molecular complexity index is 547. The van der Waals surface area contributed by atoms with Crippen molar-refractivity contribution in [1.82, 2.24) is 0 Å². The highest BCUT2D eigenvalue weighted by atomic mass is 16.7. The van der Waals surface area contributed by atoms with E-state index in [2.05, 4.69) is 4.74 Å². The molecule has 0 amide bonds. The summed E-state index contributed by atoms with van der Waals surface area (Å²) in [5, 5.41) is 0. The number of hydrogen-bond acceptors (Lipinski definition) is 5. The molecule has 5 heteroatoms. The summed E-state index contributed by atoms with van der Waals surface area (Å²) in [6.45, 7) is 1.92. The number of fused-ring (bicyclic) bond motifs is 1. The summed E-state index contributed by atoms with van der Waals surface area (Å²) in [6, 6.07) is 5.43. The lowest BCUT2D eigenvalue weighted by Crippen LogP contribution is -2.14. The number of esters is 1. The van der Waals surface area contributed by atoms with Gasteiger partial charge in [-0.25, -0.2) is 0 Å². The summed E-state index contributed by atoms with van der Waals surface area (Å²) in [5.41, 5.74) is 0.841. The first-order valence-electron chi connectivity index (χ1n) is 6.28. The van der Waals surface area contributed by atoms with Crippen molar-refractivity contribution in [3.05, 3.63) is 29.8 Å². The van der Waals surface area contributed by atoms with E-state index in [0.717, 1.165) is 5.56 Å². The minimum atomic E-state index is -0.396. The van der Waals surface area contributed by atoms with Crippen LogP contribution in [0.2, 0.25) is 0 Å². The Labute approximate surface area is 117 Å². The molecule has 5 nitrogen and oxygen atoms in total. The standard InChI is InChI=1S/C15H16O5/c1-10(7-15(17)18-2)12(16)5-3-11-4-6-13-14(8-11)20-9-19-13/h3-6,8,10H,7,9H2,1-2H3/b5-3+. The lowest BCUT2D eigenvalue weighted by Gasteiger charge is -2.05. The second-order valence-electron chi connectivity index (χ2n) is 4.53. The molecule has 0 spiro atoms. The minimum absolute atomic E-state index is 0.0841. The van der Waals surface area contributed by atoms with Crippen LogP contribution in [0.15, 0.2) is 24.3 Å². The zero-order valence-corrected chi connectivity index (χ0v) is 11.4. The number of allylic oxidation sites excluding steroid dienone is 1. The van der Waals surface area contributed by atoms with Gasteiger partial charge < -0.3 is 14.2 Å². The Morgan fingerprint density at radius 3 is 2.85 bits per heavy atom. The van der Waals surface area contributed by atoms with Gasteiger partial charge in [-0.05, 0) is 23.8 Å². The first-order chi connectivity index (χ1) is 9.60. The third-order valence-electron chi connectivity index (χ3n) is 3.02. The molecular weight excluding hydrogens is 260 g/mol. The number of benzene rings is 1. The van der Waals surface area contributed by atoms with Gasteiger partial charge in [-0.2, -0.15) is 0 Å². The highest BCUT2D eigenvalue weighted by Gasteiger charge is 2.15. The van der Waals surface area contributed by atoms with Gasteiger partial charge in [0.25, 0.3) is 0 Å². The number of ether oxygens (including phenoxy) is 3. The van der Waals surface area contributed by atoms with Crippen molar-refractivity contribution in [2.75, 3.05) is 13.9 Å². The molecule has 1 unspecified atom stereocenters. The monoisotopic (exact) mass is 276 g/mol. The maximum absolute atomic E-state index is 11.9. The second kappa shape index (κ2) is 6.23. The van der Waals surface area contributed by atoms with Gasteiger partial charge in [-0.15, -0.1) is 0 Å². The summed E-state index contributed by atoms with van der Waals surface area (Å²) >= 11 is 0. The largest absolute Gasteiger partial charge is 0.469 e. The second-order valence-corrected chi connectivity index (χ2v) is 4.53. The number of hydrogen-bond donors (Lipinski definition) is 0. The van der Waals surface area contributed by atoms with Gasteiger partial charge in [0.2, 0.25) is 6.79 Å². The number of carbonyl (C=O) groups is 2. The Morgan fingerprint density at radius 1 is 1.35 bits per heavy atom. The molecule has 1 heterocycles. The Balaban J connectivity index is 1.98. The van der Waals surface area contributed by atoms with Crippen LogP contribution in [0.5, 0.6) is 11.5 Å². The van der Waals surface area contributed by atoms with Gasteiger partial charge in [-0.1, -0.05) is 19.1 Å². The predicted molar refractivity (Wildman–Crippen MR) is 72.4 cm³/mol. The topological polar surface area (TPSA) is 61.8 Å². The highest BCUT2D eigenvalue weighted by Crippen LogP contribution is 2.32. The molecule has 0 radical (unpaired) electrons. The maximum Gasteiger partial charge on any atom is 0.306 e. The van der Waals surface area contributed by atoms with E-state index in [1.807, 2.05) is 6.07 Å². The van der Waals surface area contributed by atoms with Crippen molar-refractivity contribution in [3.8, 4) is 11.5 Å². The van der Waals surface area contributed by atoms with Crippen molar-refractivity contribution in [2.24, 2.45) is 5.92 Å². The molecule has 0 aromatic heterocycles. The summed E-state index contributed by atoms with van der Waals surface area (Å²) < 4.78 is 15.0. The van der Waals surface area contributed by atoms with Crippen molar-refractivity contribution < 1.29 is 23.8 Å². The highest BCUT2D eigenvalue weighted by molar-refractivity contribution is 5.96. The first kappa shape index (κ1) is 14.1. The molecule has 1 aliphatic heterocycles. The lowest BCUT2D eigenvalue weighted by atomic mass is 10.0. The maximum atomic E-state index is 11.9. The van der Waals surface area contributed by atoms with Crippen molar-refractivity contribution in [1.29, 1.82) is 0 Å². The van der Waals surface area contributed by atoms with Crippen LogP contribution in [-0.2, 0) is 14.3 Å². The number of rotatable bonds is 5. The van der Waals surface area contributed by atoms with E-state index in [4.69, 9.17) is 9.47 Å². The number of methoxy groups -OCH3 is 1. The molecule has 2 rings (SSSR count). The Kier molecular flexibility index (Phi) is 4.40. The van der Waals surface area contributed by atoms with Crippen LogP contribution < -0.4 is 9.47 Å². The van der Waals surface area contributed by atoms with E-state index < -0.39 is 5.92 Å². The Morgan fingerprint density at radius 2 is 2.10 bits per heavy atom. The number of ketones is 1. The van der Waals surface area contributed by atoms with Gasteiger partial charge in [0.05, 0.1) is 13.5 Å². The van der Waals surface area contributed by atoms with Crippen LogP contribution in [-0.4, -0.2) is 25.7 Å². The molecule has 1 aromatic carbocycles. The molecule has 20 heavy (non-hydrogen) atoms. The van der Waals surface area contributed by atoms with E-state index >= 15 is 0 Å². The van der Waals surface area contributed by atoms with Crippen molar-refractivity contribution in [2.45, 2.75) is 13.3 Å². The van der Waals surface area contributed by atoms with E-state index in [9.17, 15) is 9.59 Å². The Hall–Kier alpha value is -2.30. The normalized spacial score (nSPS) is 14.3. The fourth-order valence-corrected chi connectivity index (χ4v) is 1.79. The van der Waals surface area contributed by atoms with Crippen molar-refractivity contribution in [3.63, 3.8) is 0 Å². The average molecular weight is 276 g/mol. The molecule has 0 fully saturated rings. The summed E-state index contributed by atoms with van der Waals surface area (Å²) in [6.07, 6.45) is 3.24. The molecule has 1 aliphatic rings. The third kappa shape index (κ3) is 3.38. The van der Waals surface area contributed by atoms with E-state index in [1.54, 1.807) is 25.1 Å². The molecule has 1 atom stereocenters. The molecule has 0 aliphatic carbocycles. The van der Waals surface area contributed by atoms with E-state index in [0.29, 0.717) is 11.5 Å². The summed E-state index contributed by atoms with van der Waals surface area (Å²) in [7, 11) is 1.31. The van der Waals surface area contributed by atoms with Crippen LogP contribution in [0.3, 0.4) is 0 Å². The average Bonchev–Trinajstić information content (AvgIpc) is 2.91. The van der Waals surface area contributed by atoms with Crippen LogP contribution >= 0.6 is 0 Å². The lowest BCUT2D eigenvalue weighted by molar-refractivity contribution is -0.143. The molecular formula is C15H16O5. The van der Waals surface area contributed by atoms with Crippen LogP contribution in [0.1, 0.15) is 18.9 Å². The first-order valence-corrected chi connectivity index (χ1v) is 6.28. The quantitative estimate of drug-likeness (QED) is 0.609. The van der Waals surface area contributed by atoms with Gasteiger partial charge >= 0.3 is 5.97 Å². The molecule has 0 saturated carbocycles. The minimum Gasteiger partial charge on any atom is -0.469 e. The van der Waals surface area contributed by atoms with E-state index in [1.165, 1.54) is 13.2 Å². The van der Waals surface area contributed by atoms with Crippen molar-refractivity contribution >= 4 is 17.8 Å². The smallest absolute Gasteiger partial charge is 0.306 e. The van der Waals surface area contributed by atoms with Gasteiger partial charge in [0.15, 0.2) is 17.3 Å². The molecule has 106 valence electrons. The van der Waals surface area contributed by atoms with E-state index in [-0.39, 0.29) is 25.0 Å². The molecule has 0 N–H and O–H groups in total. The summed E-state index contributed by atoms with van der Waals surface area (Å²) in [4.78, 5) is 23.0. The third-order valence-corrected chi connectivity index (χ3v) is 3.02. The molecule has 0 saturated heterocycles. The van der Waals surface area contributed by atoms with Gasteiger partial charge in [0.1, 0.15) is 0 Å². The number of carbonyl (C=O) groups excluding carboxylic acids is 2. The summed E-state index contributed by atoms with van der Waals surface area (Å²) in [5.74, 6) is 0.470. The van der Waals surface area contributed by atoms with Crippen LogP contribution in [0, 0.1) is 5.92 Å². The fraction of sp³-hybridized carbons (Fsp3) is 0.333. The molecule has 0 bridgehead atoms. The van der Waals surface area contributed by atoms with Crippen LogP contribution in [0.4, 0.5) is 0 Å². The predicted octanol–water partition coefficient (Wildman–Crippen LogP) is 2.20. The van der Waals surface area contributed by atoms with Gasteiger partial charge in [0, 0.05) is 5.92 Å². The zero-order valence-electron chi connectivity index (χ0n) is 11.4. The zero-order chi connectivity index (χ0) is 14.5. The fourth-order valence-electron chi connectivity index (χ4n) is 1.79. The van der Waals surface area contributed by atoms with Crippen LogP contribution in [0.25, 0.3) is 6.08 Å². The van der Waals surface area contributed by atoms with Gasteiger partial charge in [-0.3, -0.25) is 9.59 Å². The SMILES string of the molecule is COC(=O)CC(C)C(=O)/C=C/c1ccc2c(c1)OCO2.